The minimum Gasteiger partial charge on any atom is -0.313 e. The molecule has 2 heterocycles. The van der Waals surface area contributed by atoms with E-state index in [1.165, 1.54) is 56.4 Å². The van der Waals surface area contributed by atoms with E-state index in [4.69, 9.17) is 0 Å². The molecule has 1 N–H and O–H groups in total. The molecule has 1 aliphatic heterocycles. The summed E-state index contributed by atoms with van der Waals surface area (Å²) in [6.45, 7) is 7.99. The average Bonchev–Trinajstić information content (AvgIpc) is 2.40. The third-order valence-electron chi connectivity index (χ3n) is 3.54. The minimum atomic E-state index is 0.939. The Morgan fingerprint density at radius 2 is 2.06 bits per heavy atom. The van der Waals surface area contributed by atoms with Crippen molar-refractivity contribution in [3.63, 3.8) is 0 Å². The number of nitrogens with zero attached hydrogens (tertiary/aromatic N) is 2. The van der Waals surface area contributed by atoms with Crippen molar-refractivity contribution < 1.29 is 0 Å². The van der Waals surface area contributed by atoms with E-state index in [0.717, 1.165) is 13.1 Å². The smallest absolute Gasteiger partial charge is 0.0313 e. The molecule has 0 unspecified atom stereocenters. The van der Waals surface area contributed by atoms with Gasteiger partial charge in [-0.3, -0.25) is 4.98 Å². The van der Waals surface area contributed by atoms with Gasteiger partial charge in [0.2, 0.25) is 0 Å². The van der Waals surface area contributed by atoms with E-state index >= 15 is 0 Å². The van der Waals surface area contributed by atoms with Gasteiger partial charge in [0, 0.05) is 18.9 Å². The number of nitrogens with one attached hydrogen (secondary N) is 1. The van der Waals surface area contributed by atoms with E-state index in [1.807, 2.05) is 12.4 Å². The van der Waals surface area contributed by atoms with Crippen LogP contribution >= 0.6 is 0 Å². The summed E-state index contributed by atoms with van der Waals surface area (Å²) >= 11 is 0. The van der Waals surface area contributed by atoms with Crippen molar-refractivity contribution in [3.8, 4) is 0 Å². The van der Waals surface area contributed by atoms with Crippen LogP contribution in [0.4, 0.5) is 0 Å². The highest BCUT2D eigenvalue weighted by atomic mass is 15.1. The molecule has 1 saturated heterocycles. The second kappa shape index (κ2) is 7.49. The molecule has 1 fully saturated rings. The molecule has 1 aromatic rings. The average molecular weight is 247 g/mol. The summed E-state index contributed by atoms with van der Waals surface area (Å²) < 4.78 is 0. The molecule has 0 spiro atoms. The predicted octanol–water partition coefficient (Wildman–Crippen LogP) is 2.36. The van der Waals surface area contributed by atoms with Crippen molar-refractivity contribution in [2.75, 3.05) is 26.2 Å². The standard InChI is InChI=1S/C15H25N3/c1-14-10-15(13-17-11-14)12-16-6-5-9-18-7-3-2-4-8-18/h10-11,13,16H,2-9,12H2,1H3. The van der Waals surface area contributed by atoms with E-state index < -0.39 is 0 Å². The second-order valence-corrected chi connectivity index (χ2v) is 5.30. The monoisotopic (exact) mass is 247 g/mol. The highest BCUT2D eigenvalue weighted by molar-refractivity contribution is 5.16. The van der Waals surface area contributed by atoms with Crippen LogP contribution in [0, 0.1) is 6.92 Å². The van der Waals surface area contributed by atoms with Gasteiger partial charge >= 0.3 is 0 Å². The van der Waals surface area contributed by atoms with Gasteiger partial charge in [0.1, 0.15) is 0 Å². The fourth-order valence-electron chi connectivity index (χ4n) is 2.56. The van der Waals surface area contributed by atoms with Crippen LogP contribution in [-0.2, 0) is 6.54 Å². The van der Waals surface area contributed by atoms with Crippen molar-refractivity contribution in [1.82, 2.24) is 15.2 Å². The summed E-state index contributed by atoms with van der Waals surface area (Å²) in [5.74, 6) is 0. The van der Waals surface area contributed by atoms with Gasteiger partial charge < -0.3 is 10.2 Å². The van der Waals surface area contributed by atoms with Gasteiger partial charge in [0.25, 0.3) is 0 Å². The molecule has 0 amide bonds. The summed E-state index contributed by atoms with van der Waals surface area (Å²) in [5.41, 5.74) is 2.52. The van der Waals surface area contributed by atoms with Crippen LogP contribution in [0.2, 0.25) is 0 Å². The normalized spacial score (nSPS) is 16.9. The molecule has 3 nitrogen and oxygen atoms in total. The fraction of sp³-hybridized carbons (Fsp3) is 0.667. The highest BCUT2D eigenvalue weighted by Gasteiger charge is 2.08. The van der Waals surface area contributed by atoms with Crippen molar-refractivity contribution in [1.29, 1.82) is 0 Å². The molecular weight excluding hydrogens is 222 g/mol. The van der Waals surface area contributed by atoms with Crippen LogP contribution in [0.3, 0.4) is 0 Å². The molecule has 0 aliphatic carbocycles. The molecule has 1 aliphatic rings. The highest BCUT2D eigenvalue weighted by Crippen LogP contribution is 2.08. The van der Waals surface area contributed by atoms with Gasteiger partial charge in [0.05, 0.1) is 0 Å². The molecule has 0 bridgehead atoms. The van der Waals surface area contributed by atoms with Gasteiger partial charge in [-0.2, -0.15) is 0 Å². The van der Waals surface area contributed by atoms with Crippen LogP contribution in [0.15, 0.2) is 18.5 Å². The number of piperidine rings is 1. The van der Waals surface area contributed by atoms with Crippen molar-refractivity contribution in [3.05, 3.63) is 29.6 Å². The number of likely N-dealkylation sites (tertiary alicyclic amines) is 1. The molecule has 0 radical (unpaired) electrons. The maximum Gasteiger partial charge on any atom is 0.0313 e. The van der Waals surface area contributed by atoms with Crippen LogP contribution in [-0.4, -0.2) is 36.1 Å². The quantitative estimate of drug-likeness (QED) is 0.782. The lowest BCUT2D eigenvalue weighted by atomic mass is 10.1. The molecule has 100 valence electrons. The summed E-state index contributed by atoms with van der Waals surface area (Å²) in [6.07, 6.45) is 9.31. The number of aryl methyl sites for hydroxylation is 1. The number of rotatable bonds is 6. The number of pyridine rings is 1. The van der Waals surface area contributed by atoms with Gasteiger partial charge in [-0.05, 0) is 63.5 Å². The van der Waals surface area contributed by atoms with Crippen LogP contribution in [0.5, 0.6) is 0 Å². The molecule has 0 aromatic carbocycles. The van der Waals surface area contributed by atoms with E-state index in [1.54, 1.807) is 0 Å². The van der Waals surface area contributed by atoms with Gasteiger partial charge in [-0.1, -0.05) is 12.5 Å². The zero-order valence-corrected chi connectivity index (χ0v) is 11.5. The lowest BCUT2D eigenvalue weighted by Gasteiger charge is -2.26. The Labute approximate surface area is 111 Å². The summed E-state index contributed by atoms with van der Waals surface area (Å²) in [5, 5.41) is 3.50. The number of hydrogen-bond donors (Lipinski definition) is 1. The van der Waals surface area contributed by atoms with E-state index in [2.05, 4.69) is 28.2 Å². The fourth-order valence-corrected chi connectivity index (χ4v) is 2.56. The number of hydrogen-bond acceptors (Lipinski definition) is 3. The first-order chi connectivity index (χ1) is 8.84. The van der Waals surface area contributed by atoms with Crippen LogP contribution in [0.25, 0.3) is 0 Å². The Morgan fingerprint density at radius 3 is 2.83 bits per heavy atom. The van der Waals surface area contributed by atoms with Crippen molar-refractivity contribution in [2.24, 2.45) is 0 Å². The molecular formula is C15H25N3. The molecule has 3 heteroatoms. The Morgan fingerprint density at radius 1 is 1.22 bits per heavy atom. The Balaban J connectivity index is 1.55. The summed E-state index contributed by atoms with van der Waals surface area (Å²) in [4.78, 5) is 6.80. The maximum atomic E-state index is 4.21. The van der Waals surface area contributed by atoms with Crippen molar-refractivity contribution in [2.45, 2.75) is 39.2 Å². The molecule has 0 saturated carbocycles. The van der Waals surface area contributed by atoms with Gasteiger partial charge in [-0.15, -0.1) is 0 Å². The van der Waals surface area contributed by atoms with Gasteiger partial charge in [-0.25, -0.2) is 0 Å². The van der Waals surface area contributed by atoms with E-state index in [0.29, 0.717) is 0 Å². The maximum absolute atomic E-state index is 4.21. The van der Waals surface area contributed by atoms with Gasteiger partial charge in [0.15, 0.2) is 0 Å². The molecule has 18 heavy (non-hydrogen) atoms. The third-order valence-corrected chi connectivity index (χ3v) is 3.54. The van der Waals surface area contributed by atoms with Crippen molar-refractivity contribution >= 4 is 0 Å². The Kier molecular flexibility index (Phi) is 5.62. The predicted molar refractivity (Wildman–Crippen MR) is 75.6 cm³/mol. The third kappa shape index (κ3) is 4.75. The topological polar surface area (TPSA) is 28.2 Å². The zero-order chi connectivity index (χ0) is 12.6. The lowest BCUT2D eigenvalue weighted by molar-refractivity contribution is 0.225. The summed E-state index contributed by atoms with van der Waals surface area (Å²) in [6, 6.07) is 2.20. The van der Waals surface area contributed by atoms with Crippen LogP contribution in [0.1, 0.15) is 36.8 Å². The van der Waals surface area contributed by atoms with Crippen LogP contribution < -0.4 is 5.32 Å². The lowest BCUT2D eigenvalue weighted by Crippen LogP contribution is -2.32. The Hall–Kier alpha value is -0.930. The van der Waals surface area contributed by atoms with E-state index in [9.17, 15) is 0 Å². The molecule has 0 atom stereocenters. The molecule has 2 rings (SSSR count). The SMILES string of the molecule is Cc1cncc(CNCCCN2CCCCC2)c1. The first-order valence-electron chi connectivity index (χ1n) is 7.18. The number of aromatic nitrogens is 1. The Bertz CT molecular complexity index is 345. The first kappa shape index (κ1) is 13.5. The van der Waals surface area contributed by atoms with E-state index in [-0.39, 0.29) is 0 Å². The largest absolute Gasteiger partial charge is 0.313 e. The molecule has 1 aromatic heterocycles. The zero-order valence-electron chi connectivity index (χ0n) is 11.5. The second-order valence-electron chi connectivity index (χ2n) is 5.30. The summed E-state index contributed by atoms with van der Waals surface area (Å²) in [7, 11) is 0. The first-order valence-corrected chi connectivity index (χ1v) is 7.18. The minimum absolute atomic E-state index is 0.939.